The van der Waals surface area contributed by atoms with Crippen LogP contribution in [0, 0.1) is 0 Å². The van der Waals surface area contributed by atoms with Crippen molar-refractivity contribution in [1.82, 2.24) is 0 Å². The van der Waals surface area contributed by atoms with Gasteiger partial charge in [-0.1, -0.05) is 339 Å². The molecule has 1 fully saturated rings. The van der Waals surface area contributed by atoms with Crippen LogP contribution in [0.3, 0.4) is 0 Å². The first-order valence-electron chi connectivity index (χ1n) is 38.7. The Bertz CT molecular complexity index is 6000. The van der Waals surface area contributed by atoms with Gasteiger partial charge in [-0.15, -0.1) is 0 Å². The predicted molar refractivity (Wildman–Crippen MR) is 480 cm³/mol. The van der Waals surface area contributed by atoms with Gasteiger partial charge in [-0.05, 0) is 257 Å². The van der Waals surface area contributed by atoms with E-state index in [0.29, 0.717) is 0 Å². The fourth-order valence-corrected chi connectivity index (χ4v) is 17.9. The third-order valence-corrected chi connectivity index (χ3v) is 24.9. The van der Waals surface area contributed by atoms with Gasteiger partial charge in [0.05, 0.1) is 16.6 Å². The normalized spacial score (nSPS) is 15.7. The molecule has 4 aliphatic carbocycles. The quantitative estimate of drug-likeness (QED) is 0.134. The summed E-state index contributed by atoms with van der Waals surface area (Å²) < 4.78 is 14.7. The summed E-state index contributed by atoms with van der Waals surface area (Å²) in [5, 5.41) is 6.92. The number of nitrogens with one attached hydrogen (secondary N) is 2. The zero-order chi connectivity index (χ0) is 77.1. The lowest BCUT2D eigenvalue weighted by molar-refractivity contribution is 0.00578. The molecule has 1 aliphatic heterocycles. The van der Waals surface area contributed by atoms with Crippen molar-refractivity contribution in [1.29, 1.82) is 0 Å². The van der Waals surface area contributed by atoms with Crippen LogP contribution in [0.5, 0.6) is 0 Å². The van der Waals surface area contributed by atoms with Gasteiger partial charge in [-0.2, -0.15) is 0 Å². The molecule has 0 radical (unpaired) electrons. The largest absolute Gasteiger partial charge is 0.494 e. The van der Waals surface area contributed by atoms with Gasteiger partial charge in [0.1, 0.15) is 0 Å². The number of hydrogen-bond acceptors (Lipinski definition) is 4. The first kappa shape index (κ1) is 73.4. The Morgan fingerprint density at radius 3 is 1.04 bits per heavy atom. The van der Waals surface area contributed by atoms with Gasteiger partial charge in [-0.25, -0.2) is 0 Å². The van der Waals surface area contributed by atoms with Gasteiger partial charge in [0, 0.05) is 42.5 Å². The van der Waals surface area contributed by atoms with Crippen molar-refractivity contribution in [3.63, 3.8) is 0 Å². The Morgan fingerprint density at radius 2 is 0.580 bits per heavy atom. The second kappa shape index (κ2) is 29.7. The second-order valence-electron chi connectivity index (χ2n) is 31.8. The molecule has 1 atom stereocenters. The zero-order valence-corrected chi connectivity index (χ0v) is 67.6. The van der Waals surface area contributed by atoms with E-state index in [0.717, 1.165) is 42.7 Å². The molecule has 0 aromatic heterocycles. The fourth-order valence-electron chi connectivity index (χ4n) is 17.2. The SMILES string of the molecule is Brc1ccc(Nc2ccc(-c3ccccc3)cc2)cc1.C=Cc1ccc(-c2ccc3c(c2)C2(c4ccccc4-c4ccc(Br)cc42)c2ccccc2-3)cc1.CC1(C)c2ccccc2-c2cc(-c3ccc(Nc4ccc(-c5ccccc5)cc4)cc3)ccc21.CC1(C)c2ccccc2-c2cc(B3OC(C)(C)C(C)(C)O3)ccc21. The van der Waals surface area contributed by atoms with Gasteiger partial charge >= 0.3 is 7.12 Å². The molecule has 2 N–H and O–H groups in total. The summed E-state index contributed by atoms with van der Waals surface area (Å²) in [7, 11) is -0.309. The van der Waals surface area contributed by atoms with Gasteiger partial charge in [0.2, 0.25) is 0 Å². The van der Waals surface area contributed by atoms with E-state index in [1.54, 1.807) is 0 Å². The molecule has 112 heavy (non-hydrogen) atoms. The summed E-state index contributed by atoms with van der Waals surface area (Å²) in [6.07, 6.45) is 1.89. The highest BCUT2D eigenvalue weighted by atomic mass is 79.9. The van der Waals surface area contributed by atoms with Crippen molar-refractivity contribution in [2.45, 2.75) is 82.8 Å². The molecule has 7 heteroatoms. The molecule has 4 nitrogen and oxygen atoms in total. The van der Waals surface area contributed by atoms with E-state index in [-0.39, 0.29) is 34.6 Å². The molecule has 20 rings (SSSR count). The van der Waals surface area contributed by atoms with Gasteiger partial charge in [0.25, 0.3) is 0 Å². The van der Waals surface area contributed by atoms with E-state index in [4.69, 9.17) is 9.31 Å². The Hall–Kier alpha value is -11.4. The van der Waals surface area contributed by atoms with Crippen LogP contribution in [0.15, 0.2) is 367 Å². The highest BCUT2D eigenvalue weighted by Crippen LogP contribution is 2.64. The molecular formula is C105H87BBr2N2O2. The van der Waals surface area contributed by atoms with Crippen LogP contribution in [0.25, 0.3) is 95.1 Å². The van der Waals surface area contributed by atoms with E-state index < -0.39 is 0 Å². The van der Waals surface area contributed by atoms with Crippen LogP contribution < -0.4 is 16.1 Å². The predicted octanol–water partition coefficient (Wildman–Crippen LogP) is 28.3. The highest BCUT2D eigenvalue weighted by molar-refractivity contribution is 9.10. The summed E-state index contributed by atoms with van der Waals surface area (Å²) in [4.78, 5) is 0. The van der Waals surface area contributed by atoms with E-state index in [9.17, 15) is 0 Å². The molecular weight excluding hydrogens is 1490 g/mol. The smallest absolute Gasteiger partial charge is 0.399 e. The highest BCUT2D eigenvalue weighted by Gasteiger charge is 2.53. The molecule has 1 heterocycles. The maximum absolute atomic E-state index is 6.23. The lowest BCUT2D eigenvalue weighted by Gasteiger charge is -2.32. The number of anilines is 4. The third kappa shape index (κ3) is 13.5. The average Bonchev–Trinajstić information content (AvgIpc) is 1.51. The van der Waals surface area contributed by atoms with Crippen LogP contribution in [0.2, 0.25) is 0 Å². The average molecular weight is 1580 g/mol. The Kier molecular flexibility index (Phi) is 19.4. The zero-order valence-electron chi connectivity index (χ0n) is 64.4. The summed E-state index contributed by atoms with van der Waals surface area (Å²) in [5.74, 6) is 0. The standard InChI is InChI=1S/C33H21Br.C33H27N.C21H25BO2.C18H14BrN/c1-2-21-11-13-22(14-12-21)23-15-17-27-25-7-3-5-9-29(25)33(31(27)19-23)30-10-6-4-8-26(30)28-18-16-24(34)20-32(28)33;1-33(2)31-11-7-6-10-29(31)30-22-26(16-21-32(30)33)25-14-19-28(20-15-25)34-27-17-12-24(13-18-27)23-8-4-3-5-9-23;1-19(2)17-10-8-7-9-15(17)16-13-14(11-12-18(16)19)22-23-20(3,4)21(5,6)24-22;19-16-8-12-18(13-9-16)20-17-10-6-15(7-11-17)14-4-2-1-3-5-14/h2-20H,1H2;3-22,34H,1-2H3;7-13H,1-6H3;1-13,20H. The fraction of sp³-hybridized carbons (Fsp3) is 0.124. The lowest BCUT2D eigenvalue weighted by atomic mass is 9.70. The molecule has 0 saturated carbocycles. The minimum absolute atomic E-state index is 0.0421. The molecule has 0 bridgehead atoms. The summed E-state index contributed by atoms with van der Waals surface area (Å²) >= 11 is 7.22. The minimum Gasteiger partial charge on any atom is -0.399 e. The first-order chi connectivity index (χ1) is 54.2. The van der Waals surface area contributed by atoms with Gasteiger partial charge < -0.3 is 19.9 Å². The Morgan fingerprint density at radius 1 is 0.268 bits per heavy atom. The maximum Gasteiger partial charge on any atom is 0.494 e. The van der Waals surface area contributed by atoms with E-state index >= 15 is 0 Å². The molecule has 1 saturated heterocycles. The maximum atomic E-state index is 6.23. The van der Waals surface area contributed by atoms with Crippen molar-refractivity contribution in [3.05, 3.63) is 417 Å². The minimum atomic E-state index is -0.321. The Labute approximate surface area is 677 Å². The molecule has 0 amide bonds. The van der Waals surface area contributed by atoms with Crippen molar-refractivity contribution < 1.29 is 9.31 Å². The molecule has 1 spiro atoms. The second-order valence-corrected chi connectivity index (χ2v) is 33.7. The summed E-state index contributed by atoms with van der Waals surface area (Å²) in [5.41, 5.74) is 37.3. The van der Waals surface area contributed by atoms with Gasteiger partial charge in [-0.3, -0.25) is 0 Å². The summed E-state index contributed by atoms with van der Waals surface area (Å²) in [6.45, 7) is 21.5. The van der Waals surface area contributed by atoms with E-state index in [2.05, 4.69) is 432 Å². The molecule has 15 aromatic carbocycles. The number of halogens is 2. The van der Waals surface area contributed by atoms with E-state index in [1.165, 1.54) is 134 Å². The molecule has 15 aromatic rings. The van der Waals surface area contributed by atoms with Crippen molar-refractivity contribution >= 4 is 73.3 Å². The Balaban J connectivity index is 0.000000111. The molecule has 1 unspecified atom stereocenters. The number of hydrogen-bond donors (Lipinski definition) is 2. The number of fused-ring (bicyclic) bond motifs is 16. The van der Waals surface area contributed by atoms with E-state index in [1.807, 2.05) is 30.3 Å². The number of rotatable bonds is 10. The van der Waals surface area contributed by atoms with Crippen LogP contribution in [-0.4, -0.2) is 18.3 Å². The topological polar surface area (TPSA) is 42.5 Å². The van der Waals surface area contributed by atoms with Crippen molar-refractivity contribution in [3.8, 4) is 89.0 Å². The van der Waals surface area contributed by atoms with Crippen LogP contribution in [0.1, 0.15) is 105 Å². The lowest BCUT2D eigenvalue weighted by Crippen LogP contribution is -2.41. The van der Waals surface area contributed by atoms with Crippen LogP contribution >= 0.6 is 31.9 Å². The van der Waals surface area contributed by atoms with Crippen molar-refractivity contribution in [2.24, 2.45) is 0 Å². The van der Waals surface area contributed by atoms with Crippen LogP contribution in [0.4, 0.5) is 22.7 Å². The third-order valence-electron chi connectivity index (χ3n) is 23.9. The first-order valence-corrected chi connectivity index (χ1v) is 40.3. The molecule has 546 valence electrons. The number of benzene rings is 15. The van der Waals surface area contributed by atoms with Gasteiger partial charge in [0.15, 0.2) is 0 Å². The molecule has 5 aliphatic rings. The van der Waals surface area contributed by atoms with Crippen molar-refractivity contribution in [2.75, 3.05) is 10.6 Å². The summed E-state index contributed by atoms with van der Waals surface area (Å²) in [6, 6.07) is 126. The monoisotopic (exact) mass is 1580 g/mol. The van der Waals surface area contributed by atoms with Crippen LogP contribution in [-0.2, 0) is 25.6 Å².